The largest absolute Gasteiger partial charge is 0.336 e. The molecule has 0 bridgehead atoms. The maximum atomic E-state index is 11.8. The van der Waals surface area contributed by atoms with Crippen LogP contribution in [-0.2, 0) is 10.0 Å². The summed E-state index contributed by atoms with van der Waals surface area (Å²) in [6.07, 6.45) is 0. The third-order valence-electron chi connectivity index (χ3n) is 2.86. The van der Waals surface area contributed by atoms with Crippen LogP contribution in [0.2, 0.25) is 0 Å². The molecule has 0 aliphatic carbocycles. The summed E-state index contributed by atoms with van der Waals surface area (Å²) in [5.74, 6) is 0.156. The van der Waals surface area contributed by atoms with E-state index < -0.39 is 10.0 Å². The zero-order valence-electron chi connectivity index (χ0n) is 11.6. The van der Waals surface area contributed by atoms with Crippen LogP contribution in [0.3, 0.4) is 0 Å². The number of carbonyl (C=O) groups is 1. The van der Waals surface area contributed by atoms with Crippen molar-refractivity contribution in [1.82, 2.24) is 5.32 Å². The molecule has 1 heterocycles. The van der Waals surface area contributed by atoms with Crippen LogP contribution < -0.4 is 14.9 Å². The highest BCUT2D eigenvalue weighted by Crippen LogP contribution is 2.20. The Hall–Kier alpha value is -1.76. The van der Waals surface area contributed by atoms with Gasteiger partial charge in [0.1, 0.15) is 0 Å². The Bertz CT molecular complexity index is 581. The molecule has 1 aromatic carbocycles. The van der Waals surface area contributed by atoms with Crippen LogP contribution >= 0.6 is 0 Å². The molecule has 0 spiro atoms. The van der Waals surface area contributed by atoms with Crippen molar-refractivity contribution >= 4 is 27.4 Å². The number of amides is 2. The van der Waals surface area contributed by atoms with E-state index in [1.807, 2.05) is 13.8 Å². The SMILES string of the molecule is CC(C)CS(=O)(=O)Nc1ccc(N2CCNC2=O)cc1. The molecule has 1 aromatic rings. The van der Waals surface area contributed by atoms with Gasteiger partial charge in [-0.2, -0.15) is 0 Å². The minimum atomic E-state index is -3.32. The molecule has 1 aliphatic rings. The van der Waals surface area contributed by atoms with Gasteiger partial charge in [-0.15, -0.1) is 0 Å². The highest BCUT2D eigenvalue weighted by molar-refractivity contribution is 7.92. The molecule has 2 rings (SSSR count). The van der Waals surface area contributed by atoms with Gasteiger partial charge in [0.15, 0.2) is 0 Å². The summed E-state index contributed by atoms with van der Waals surface area (Å²) < 4.78 is 26.2. The fourth-order valence-electron chi connectivity index (χ4n) is 2.09. The van der Waals surface area contributed by atoms with Crippen molar-refractivity contribution in [2.75, 3.05) is 28.5 Å². The Balaban J connectivity index is 2.07. The van der Waals surface area contributed by atoms with E-state index in [1.165, 1.54) is 0 Å². The first kappa shape index (κ1) is 14.6. The molecular formula is C13H19N3O3S. The van der Waals surface area contributed by atoms with Gasteiger partial charge in [0.05, 0.1) is 5.75 Å². The summed E-state index contributed by atoms with van der Waals surface area (Å²) in [5, 5.41) is 2.72. The van der Waals surface area contributed by atoms with Gasteiger partial charge < -0.3 is 5.32 Å². The topological polar surface area (TPSA) is 78.5 Å². The van der Waals surface area contributed by atoms with Gasteiger partial charge in [-0.3, -0.25) is 9.62 Å². The summed E-state index contributed by atoms with van der Waals surface area (Å²) in [5.41, 5.74) is 1.26. The van der Waals surface area contributed by atoms with Gasteiger partial charge in [-0.1, -0.05) is 13.8 Å². The Morgan fingerprint density at radius 3 is 2.45 bits per heavy atom. The maximum absolute atomic E-state index is 11.8. The van der Waals surface area contributed by atoms with E-state index in [0.717, 1.165) is 5.69 Å². The highest BCUT2D eigenvalue weighted by atomic mass is 32.2. The average molecular weight is 297 g/mol. The number of nitrogens with one attached hydrogen (secondary N) is 2. The molecule has 1 saturated heterocycles. The number of hydrogen-bond donors (Lipinski definition) is 2. The van der Waals surface area contributed by atoms with Crippen molar-refractivity contribution in [3.8, 4) is 0 Å². The van der Waals surface area contributed by atoms with Crippen molar-refractivity contribution in [3.63, 3.8) is 0 Å². The molecule has 2 amide bonds. The smallest absolute Gasteiger partial charge is 0.321 e. The molecule has 6 nitrogen and oxygen atoms in total. The molecule has 0 atom stereocenters. The minimum absolute atomic E-state index is 0.0695. The first-order valence-corrected chi connectivity index (χ1v) is 8.18. The van der Waals surface area contributed by atoms with Crippen LogP contribution in [0.15, 0.2) is 24.3 Å². The molecule has 0 aromatic heterocycles. The number of anilines is 2. The van der Waals surface area contributed by atoms with Crippen LogP contribution in [-0.4, -0.2) is 33.3 Å². The Morgan fingerprint density at radius 1 is 1.30 bits per heavy atom. The van der Waals surface area contributed by atoms with Gasteiger partial charge in [-0.25, -0.2) is 13.2 Å². The van der Waals surface area contributed by atoms with Crippen LogP contribution in [0.4, 0.5) is 16.2 Å². The fourth-order valence-corrected chi connectivity index (χ4v) is 3.54. The summed E-state index contributed by atoms with van der Waals surface area (Å²) in [6.45, 7) is 4.96. The van der Waals surface area contributed by atoms with E-state index in [-0.39, 0.29) is 17.7 Å². The maximum Gasteiger partial charge on any atom is 0.321 e. The average Bonchev–Trinajstić information content (AvgIpc) is 2.74. The third kappa shape index (κ3) is 3.63. The summed E-state index contributed by atoms with van der Waals surface area (Å²) in [7, 11) is -3.32. The normalized spacial score (nSPS) is 15.6. The van der Waals surface area contributed by atoms with Crippen molar-refractivity contribution in [3.05, 3.63) is 24.3 Å². The van der Waals surface area contributed by atoms with E-state index in [0.29, 0.717) is 18.8 Å². The van der Waals surface area contributed by atoms with Gasteiger partial charge in [0.2, 0.25) is 10.0 Å². The van der Waals surface area contributed by atoms with E-state index in [9.17, 15) is 13.2 Å². The van der Waals surface area contributed by atoms with Crippen LogP contribution in [0.25, 0.3) is 0 Å². The van der Waals surface area contributed by atoms with Gasteiger partial charge >= 0.3 is 6.03 Å². The lowest BCUT2D eigenvalue weighted by molar-refractivity contribution is 0.252. The number of benzene rings is 1. The first-order valence-electron chi connectivity index (χ1n) is 6.53. The molecule has 110 valence electrons. The lowest BCUT2D eigenvalue weighted by Gasteiger charge is -2.15. The summed E-state index contributed by atoms with van der Waals surface area (Å²) in [4.78, 5) is 13.1. The molecule has 20 heavy (non-hydrogen) atoms. The minimum Gasteiger partial charge on any atom is -0.336 e. The third-order valence-corrected chi connectivity index (χ3v) is 4.51. The Kier molecular flexibility index (Phi) is 4.17. The molecule has 0 unspecified atom stereocenters. The fraction of sp³-hybridized carbons (Fsp3) is 0.462. The van der Waals surface area contributed by atoms with Crippen LogP contribution in [0.5, 0.6) is 0 Å². The van der Waals surface area contributed by atoms with Gasteiger partial charge in [0.25, 0.3) is 0 Å². The standard InChI is InChI=1S/C13H19N3O3S/c1-10(2)9-20(18,19)15-11-3-5-12(6-4-11)16-8-7-14-13(16)17/h3-6,10,15H,7-9H2,1-2H3,(H,14,17). The van der Waals surface area contributed by atoms with Crippen molar-refractivity contribution in [2.45, 2.75) is 13.8 Å². The van der Waals surface area contributed by atoms with Crippen LogP contribution in [0.1, 0.15) is 13.8 Å². The Morgan fingerprint density at radius 2 is 1.95 bits per heavy atom. The highest BCUT2D eigenvalue weighted by Gasteiger charge is 2.21. The lowest BCUT2D eigenvalue weighted by Crippen LogP contribution is -2.27. The molecular weight excluding hydrogens is 278 g/mol. The molecule has 1 fully saturated rings. The number of urea groups is 1. The number of carbonyl (C=O) groups excluding carboxylic acids is 1. The van der Waals surface area contributed by atoms with Crippen molar-refractivity contribution < 1.29 is 13.2 Å². The monoisotopic (exact) mass is 297 g/mol. The molecule has 0 saturated carbocycles. The lowest BCUT2D eigenvalue weighted by atomic mass is 10.2. The Labute approximate surface area is 119 Å². The number of sulfonamides is 1. The van der Waals surface area contributed by atoms with E-state index in [4.69, 9.17) is 0 Å². The van der Waals surface area contributed by atoms with E-state index in [2.05, 4.69) is 10.0 Å². The predicted molar refractivity (Wildman–Crippen MR) is 79.4 cm³/mol. The van der Waals surface area contributed by atoms with E-state index in [1.54, 1.807) is 29.2 Å². The number of nitrogens with zero attached hydrogens (tertiary/aromatic N) is 1. The van der Waals surface area contributed by atoms with E-state index >= 15 is 0 Å². The number of hydrogen-bond acceptors (Lipinski definition) is 3. The second-order valence-electron chi connectivity index (χ2n) is 5.21. The zero-order chi connectivity index (χ0) is 14.8. The van der Waals surface area contributed by atoms with Gasteiger partial charge in [-0.05, 0) is 30.2 Å². The quantitative estimate of drug-likeness (QED) is 0.866. The predicted octanol–water partition coefficient (Wildman–Crippen LogP) is 1.61. The van der Waals surface area contributed by atoms with Crippen molar-refractivity contribution in [2.24, 2.45) is 5.92 Å². The molecule has 7 heteroatoms. The number of rotatable bonds is 5. The van der Waals surface area contributed by atoms with Crippen molar-refractivity contribution in [1.29, 1.82) is 0 Å². The molecule has 1 aliphatic heterocycles. The second-order valence-corrected chi connectivity index (χ2v) is 6.97. The van der Waals surface area contributed by atoms with Crippen LogP contribution in [0, 0.1) is 5.92 Å². The first-order chi connectivity index (χ1) is 9.37. The summed E-state index contributed by atoms with van der Waals surface area (Å²) in [6, 6.07) is 6.67. The molecule has 0 radical (unpaired) electrons. The zero-order valence-corrected chi connectivity index (χ0v) is 12.4. The van der Waals surface area contributed by atoms with Gasteiger partial charge in [0, 0.05) is 24.5 Å². The summed E-state index contributed by atoms with van der Waals surface area (Å²) >= 11 is 0. The molecule has 2 N–H and O–H groups in total. The second kappa shape index (κ2) is 5.70.